The van der Waals surface area contributed by atoms with Crippen molar-refractivity contribution in [1.29, 1.82) is 5.26 Å². The van der Waals surface area contributed by atoms with Gasteiger partial charge in [0.05, 0.1) is 11.8 Å². The van der Waals surface area contributed by atoms with Gasteiger partial charge in [-0.05, 0) is 46.6 Å². The highest BCUT2D eigenvalue weighted by Gasteiger charge is 2.38. The molecule has 1 fully saturated rings. The van der Waals surface area contributed by atoms with Crippen LogP contribution in [0, 0.1) is 11.3 Å². The van der Waals surface area contributed by atoms with Gasteiger partial charge in [0.15, 0.2) is 0 Å². The summed E-state index contributed by atoms with van der Waals surface area (Å²) >= 11 is 0. The van der Waals surface area contributed by atoms with Crippen LogP contribution in [0.1, 0.15) is 39.5 Å². The first kappa shape index (κ1) is 17.4. The molecule has 2 atom stereocenters. The minimum absolute atomic E-state index is 0.178. The monoisotopic (exact) mass is 301 g/mol. The average Bonchev–Trinajstić information content (AvgIpc) is 2.34. The van der Waals surface area contributed by atoms with E-state index in [-0.39, 0.29) is 17.8 Å². The molecule has 0 bridgehead atoms. The molecule has 0 radical (unpaired) electrons. The first-order valence-corrected chi connectivity index (χ1v) is 9.30. The highest BCUT2D eigenvalue weighted by Crippen LogP contribution is 2.30. The van der Waals surface area contributed by atoms with Crippen LogP contribution >= 0.6 is 0 Å². The Labute approximate surface area is 123 Å². The maximum atomic E-state index is 11.3. The van der Waals surface area contributed by atoms with Crippen LogP contribution in [0.25, 0.3) is 0 Å². The lowest BCUT2D eigenvalue weighted by Gasteiger charge is -2.41. The van der Waals surface area contributed by atoms with Gasteiger partial charge in [0.2, 0.25) is 0 Å². The fraction of sp³-hybridized carbons (Fsp3) is 0.929. The van der Waals surface area contributed by atoms with Crippen LogP contribution in [0.5, 0.6) is 0 Å². The molecule has 1 aliphatic carbocycles. The summed E-state index contributed by atoms with van der Waals surface area (Å²) in [4.78, 5) is 2.09. The molecule has 1 N–H and O–H groups in total. The lowest BCUT2D eigenvalue weighted by molar-refractivity contribution is 0.145. The van der Waals surface area contributed by atoms with E-state index in [9.17, 15) is 13.7 Å². The van der Waals surface area contributed by atoms with Gasteiger partial charge in [0, 0.05) is 24.9 Å². The van der Waals surface area contributed by atoms with Crippen LogP contribution in [-0.4, -0.2) is 56.5 Å². The average molecular weight is 301 g/mol. The van der Waals surface area contributed by atoms with Gasteiger partial charge >= 0.3 is 0 Å². The topological polar surface area (TPSA) is 73.2 Å². The van der Waals surface area contributed by atoms with Crippen molar-refractivity contribution in [3.8, 4) is 6.07 Å². The van der Waals surface area contributed by atoms with Gasteiger partial charge in [-0.2, -0.15) is 5.26 Å². The van der Waals surface area contributed by atoms with E-state index in [0.717, 1.165) is 25.7 Å². The van der Waals surface area contributed by atoms with Crippen molar-refractivity contribution in [2.75, 3.05) is 25.6 Å². The zero-order valence-corrected chi connectivity index (χ0v) is 13.8. The minimum Gasteiger partial charge on any atom is -0.302 e. The molecule has 1 saturated carbocycles. The molecule has 0 aromatic carbocycles. The van der Waals surface area contributed by atoms with E-state index in [4.69, 9.17) is 0 Å². The van der Waals surface area contributed by atoms with Gasteiger partial charge in [-0.1, -0.05) is 0 Å². The molecule has 6 heteroatoms. The summed E-state index contributed by atoms with van der Waals surface area (Å²) in [6, 6.07) is 3.00. The van der Waals surface area contributed by atoms with Crippen LogP contribution in [0.3, 0.4) is 0 Å². The van der Waals surface area contributed by atoms with Crippen molar-refractivity contribution in [3.63, 3.8) is 0 Å². The summed E-state index contributed by atoms with van der Waals surface area (Å²) in [5.74, 6) is 0.178. The molecule has 116 valence electrons. The Hall–Kier alpha value is -0.640. The maximum absolute atomic E-state index is 11.3. The molecular weight excluding hydrogens is 274 g/mol. The van der Waals surface area contributed by atoms with E-state index in [1.807, 2.05) is 7.05 Å². The molecule has 0 heterocycles. The molecule has 0 aromatic rings. The Morgan fingerprint density at radius 2 is 2.15 bits per heavy atom. The number of nitrogens with zero attached hydrogens (tertiary/aromatic N) is 2. The number of nitrogens with one attached hydrogen (secondary N) is 1. The Bertz CT molecular complexity index is 456. The van der Waals surface area contributed by atoms with Crippen molar-refractivity contribution in [2.24, 2.45) is 0 Å². The third-order valence-electron chi connectivity index (χ3n) is 3.94. The fourth-order valence-corrected chi connectivity index (χ4v) is 3.55. The Morgan fingerprint density at radius 3 is 2.65 bits per heavy atom. The lowest BCUT2D eigenvalue weighted by Crippen LogP contribution is -2.54. The van der Waals surface area contributed by atoms with Gasteiger partial charge in [0.25, 0.3) is 0 Å². The Kier molecular flexibility index (Phi) is 5.99. The zero-order valence-electron chi connectivity index (χ0n) is 13.0. The third-order valence-corrected chi connectivity index (χ3v) is 4.87. The molecular formula is C14H27N3O2S. The van der Waals surface area contributed by atoms with Crippen molar-refractivity contribution < 1.29 is 8.42 Å². The van der Waals surface area contributed by atoms with E-state index < -0.39 is 15.4 Å². The second kappa shape index (κ2) is 6.88. The zero-order chi connectivity index (χ0) is 15.4. The highest BCUT2D eigenvalue weighted by atomic mass is 32.2. The van der Waals surface area contributed by atoms with E-state index in [0.29, 0.717) is 6.54 Å². The van der Waals surface area contributed by atoms with E-state index in [1.54, 1.807) is 0 Å². The molecule has 20 heavy (non-hydrogen) atoms. The summed E-state index contributed by atoms with van der Waals surface area (Å²) in [6.07, 6.45) is 4.94. The number of hydrogen-bond acceptors (Lipinski definition) is 5. The minimum atomic E-state index is -2.93. The molecule has 0 aromatic heterocycles. The predicted octanol–water partition coefficient (Wildman–Crippen LogP) is 1.17. The second-order valence-electron chi connectivity index (χ2n) is 6.35. The van der Waals surface area contributed by atoms with Crippen molar-refractivity contribution in [2.45, 2.75) is 57.2 Å². The molecule has 5 nitrogen and oxygen atoms in total. The summed E-state index contributed by atoms with van der Waals surface area (Å²) < 4.78 is 22.5. The quantitative estimate of drug-likeness (QED) is 0.797. The van der Waals surface area contributed by atoms with Gasteiger partial charge in [-0.3, -0.25) is 5.32 Å². The third kappa shape index (κ3) is 5.39. The Morgan fingerprint density at radius 1 is 1.50 bits per heavy atom. The van der Waals surface area contributed by atoms with Crippen molar-refractivity contribution in [1.82, 2.24) is 10.2 Å². The molecule has 0 aliphatic heterocycles. The summed E-state index contributed by atoms with van der Waals surface area (Å²) in [5, 5.41) is 12.9. The SMILES string of the molecule is CC(C)NC1(C#N)CCCC(N(C)CCS(C)(=O)=O)C1. The summed E-state index contributed by atoms with van der Waals surface area (Å²) in [5.41, 5.74) is -0.462. The van der Waals surface area contributed by atoms with Crippen LogP contribution in [0.15, 0.2) is 0 Å². The van der Waals surface area contributed by atoms with Gasteiger partial charge in [0.1, 0.15) is 15.4 Å². The smallest absolute Gasteiger partial charge is 0.148 e. The molecule has 0 spiro atoms. The van der Waals surface area contributed by atoms with Crippen LogP contribution in [0.4, 0.5) is 0 Å². The van der Waals surface area contributed by atoms with E-state index >= 15 is 0 Å². The van der Waals surface area contributed by atoms with Crippen LogP contribution in [0.2, 0.25) is 0 Å². The van der Waals surface area contributed by atoms with E-state index in [2.05, 4.69) is 30.1 Å². The normalized spacial score (nSPS) is 27.8. The van der Waals surface area contributed by atoms with Gasteiger partial charge < -0.3 is 4.90 Å². The standard InChI is InChI=1S/C14H27N3O2S/c1-12(2)16-14(11-15)7-5-6-13(10-14)17(3)8-9-20(4,18)19/h12-13,16H,5-10H2,1-4H3. The predicted molar refractivity (Wildman–Crippen MR) is 81.2 cm³/mol. The molecule has 0 saturated heterocycles. The van der Waals surface area contributed by atoms with Crippen molar-refractivity contribution in [3.05, 3.63) is 0 Å². The highest BCUT2D eigenvalue weighted by molar-refractivity contribution is 7.90. The van der Waals surface area contributed by atoms with Crippen LogP contribution < -0.4 is 5.32 Å². The number of nitriles is 1. The number of hydrogen-bond donors (Lipinski definition) is 1. The first-order valence-electron chi connectivity index (χ1n) is 7.24. The largest absolute Gasteiger partial charge is 0.302 e. The van der Waals surface area contributed by atoms with E-state index in [1.165, 1.54) is 6.26 Å². The Balaban J connectivity index is 2.66. The second-order valence-corrected chi connectivity index (χ2v) is 8.61. The van der Waals surface area contributed by atoms with Crippen molar-refractivity contribution >= 4 is 9.84 Å². The first-order chi connectivity index (χ1) is 9.17. The lowest BCUT2D eigenvalue weighted by atomic mass is 9.79. The summed E-state index contributed by atoms with van der Waals surface area (Å²) in [6.45, 7) is 4.64. The van der Waals surface area contributed by atoms with Gasteiger partial charge in [-0.15, -0.1) is 0 Å². The molecule has 0 amide bonds. The maximum Gasteiger partial charge on any atom is 0.148 e. The molecule has 1 aliphatic rings. The summed E-state index contributed by atoms with van der Waals surface area (Å²) in [7, 11) is -0.976. The fourth-order valence-electron chi connectivity index (χ4n) is 2.93. The molecule has 2 unspecified atom stereocenters. The number of sulfone groups is 1. The van der Waals surface area contributed by atoms with Gasteiger partial charge in [-0.25, -0.2) is 8.42 Å². The molecule has 1 rings (SSSR count). The van der Waals surface area contributed by atoms with Crippen LogP contribution in [-0.2, 0) is 9.84 Å². The number of rotatable bonds is 6.